The number of ether oxygens (including phenoxy) is 1. The molecular formula is C17H20N2O2. The predicted octanol–water partition coefficient (Wildman–Crippen LogP) is 3.26. The van der Waals surface area contributed by atoms with E-state index in [4.69, 9.17) is 4.74 Å². The van der Waals surface area contributed by atoms with Gasteiger partial charge in [-0.05, 0) is 49.9 Å². The van der Waals surface area contributed by atoms with E-state index >= 15 is 0 Å². The van der Waals surface area contributed by atoms with E-state index in [1.54, 1.807) is 6.07 Å². The normalized spacial score (nSPS) is 17.1. The SMILES string of the molecule is CCOc1cccc(NC2CCCc3[nH]c(=O)ccc32)c1. The largest absolute Gasteiger partial charge is 0.494 e. The molecule has 3 rings (SSSR count). The lowest BCUT2D eigenvalue weighted by Crippen LogP contribution is -2.21. The molecule has 1 unspecified atom stereocenters. The minimum atomic E-state index is -0.0206. The van der Waals surface area contributed by atoms with E-state index in [1.165, 1.54) is 5.56 Å². The van der Waals surface area contributed by atoms with Gasteiger partial charge < -0.3 is 15.0 Å². The van der Waals surface area contributed by atoms with Gasteiger partial charge in [0.2, 0.25) is 5.56 Å². The van der Waals surface area contributed by atoms with Gasteiger partial charge in [-0.3, -0.25) is 4.79 Å². The van der Waals surface area contributed by atoms with Gasteiger partial charge in [-0.1, -0.05) is 6.07 Å². The second-order valence-electron chi connectivity index (χ2n) is 5.31. The number of rotatable bonds is 4. The van der Waals surface area contributed by atoms with Crippen molar-refractivity contribution in [1.29, 1.82) is 0 Å². The number of pyridine rings is 1. The Morgan fingerprint density at radius 1 is 1.33 bits per heavy atom. The molecule has 1 atom stereocenters. The van der Waals surface area contributed by atoms with Gasteiger partial charge in [-0.2, -0.15) is 0 Å². The maximum Gasteiger partial charge on any atom is 0.248 e. The van der Waals surface area contributed by atoms with Crippen LogP contribution in [0.5, 0.6) is 5.75 Å². The number of H-pyrrole nitrogens is 1. The second-order valence-corrected chi connectivity index (χ2v) is 5.31. The van der Waals surface area contributed by atoms with Gasteiger partial charge in [0.25, 0.3) is 0 Å². The van der Waals surface area contributed by atoms with E-state index in [-0.39, 0.29) is 11.6 Å². The summed E-state index contributed by atoms with van der Waals surface area (Å²) in [6.45, 7) is 2.64. The number of hydrogen-bond donors (Lipinski definition) is 2. The Kier molecular flexibility index (Phi) is 3.95. The van der Waals surface area contributed by atoms with E-state index in [9.17, 15) is 4.79 Å². The first-order valence-electron chi connectivity index (χ1n) is 7.48. The van der Waals surface area contributed by atoms with Gasteiger partial charge in [-0.25, -0.2) is 0 Å². The summed E-state index contributed by atoms with van der Waals surface area (Å²) >= 11 is 0. The minimum Gasteiger partial charge on any atom is -0.494 e. The molecule has 1 aliphatic rings. The van der Waals surface area contributed by atoms with Crippen LogP contribution in [0.1, 0.15) is 37.1 Å². The molecule has 1 aromatic heterocycles. The van der Waals surface area contributed by atoms with Crippen LogP contribution < -0.4 is 15.6 Å². The minimum absolute atomic E-state index is 0.0206. The standard InChI is InChI=1S/C17H20N2O2/c1-2-21-13-6-3-5-12(11-13)18-15-7-4-8-16-14(15)9-10-17(20)19-16/h3,5-6,9-11,15,18H,2,4,7-8H2,1H3,(H,19,20). The highest BCUT2D eigenvalue weighted by Gasteiger charge is 2.20. The van der Waals surface area contributed by atoms with Crippen molar-refractivity contribution in [2.45, 2.75) is 32.2 Å². The van der Waals surface area contributed by atoms with Crippen molar-refractivity contribution in [2.24, 2.45) is 0 Å². The quantitative estimate of drug-likeness (QED) is 0.906. The average molecular weight is 284 g/mol. The number of aromatic amines is 1. The summed E-state index contributed by atoms with van der Waals surface area (Å²) in [5, 5.41) is 3.55. The fraction of sp³-hybridized carbons (Fsp3) is 0.353. The number of aromatic nitrogens is 1. The molecule has 0 amide bonds. The molecule has 4 heteroatoms. The second kappa shape index (κ2) is 6.04. The molecule has 1 heterocycles. The number of anilines is 1. The molecule has 0 bridgehead atoms. The topological polar surface area (TPSA) is 54.1 Å². The number of fused-ring (bicyclic) bond motifs is 1. The fourth-order valence-corrected chi connectivity index (χ4v) is 2.89. The molecule has 0 saturated carbocycles. The van der Waals surface area contributed by atoms with Crippen LogP contribution in [0.2, 0.25) is 0 Å². The molecule has 21 heavy (non-hydrogen) atoms. The van der Waals surface area contributed by atoms with E-state index in [1.807, 2.05) is 37.3 Å². The first-order chi connectivity index (χ1) is 10.3. The summed E-state index contributed by atoms with van der Waals surface area (Å²) in [4.78, 5) is 14.4. The van der Waals surface area contributed by atoms with Crippen molar-refractivity contribution in [2.75, 3.05) is 11.9 Å². The zero-order valence-corrected chi connectivity index (χ0v) is 12.2. The molecule has 0 saturated heterocycles. The van der Waals surface area contributed by atoms with Crippen LogP contribution in [0.25, 0.3) is 0 Å². The maximum absolute atomic E-state index is 11.4. The van der Waals surface area contributed by atoms with Crippen LogP contribution in [0.15, 0.2) is 41.2 Å². The number of nitrogens with one attached hydrogen (secondary N) is 2. The molecule has 0 spiro atoms. The van der Waals surface area contributed by atoms with E-state index in [0.29, 0.717) is 6.61 Å². The zero-order valence-electron chi connectivity index (χ0n) is 12.2. The summed E-state index contributed by atoms with van der Waals surface area (Å²) in [5.74, 6) is 0.875. The molecule has 0 aliphatic heterocycles. The summed E-state index contributed by atoms with van der Waals surface area (Å²) < 4.78 is 5.53. The highest BCUT2D eigenvalue weighted by atomic mass is 16.5. The maximum atomic E-state index is 11.4. The van der Waals surface area contributed by atoms with Crippen molar-refractivity contribution < 1.29 is 4.74 Å². The zero-order chi connectivity index (χ0) is 14.7. The highest BCUT2D eigenvalue weighted by Crippen LogP contribution is 2.31. The third kappa shape index (κ3) is 3.10. The van der Waals surface area contributed by atoms with Gasteiger partial charge >= 0.3 is 0 Å². The number of hydrogen-bond acceptors (Lipinski definition) is 3. The fourth-order valence-electron chi connectivity index (χ4n) is 2.89. The Morgan fingerprint density at radius 2 is 2.24 bits per heavy atom. The lowest BCUT2D eigenvalue weighted by atomic mass is 9.91. The molecule has 4 nitrogen and oxygen atoms in total. The average Bonchev–Trinajstić information content (AvgIpc) is 2.48. The first kappa shape index (κ1) is 13.7. The predicted molar refractivity (Wildman–Crippen MR) is 84.0 cm³/mol. The van der Waals surface area contributed by atoms with Gasteiger partial charge in [0.1, 0.15) is 5.75 Å². The van der Waals surface area contributed by atoms with Gasteiger partial charge in [0.15, 0.2) is 0 Å². The van der Waals surface area contributed by atoms with Gasteiger partial charge in [0.05, 0.1) is 12.6 Å². The van der Waals surface area contributed by atoms with E-state index in [0.717, 1.165) is 36.4 Å². The summed E-state index contributed by atoms with van der Waals surface area (Å²) in [6.07, 6.45) is 3.09. The third-order valence-corrected chi connectivity index (χ3v) is 3.82. The van der Waals surface area contributed by atoms with Crippen LogP contribution in [0, 0.1) is 0 Å². The van der Waals surface area contributed by atoms with Gasteiger partial charge in [0, 0.05) is 23.5 Å². The lowest BCUT2D eigenvalue weighted by molar-refractivity contribution is 0.340. The molecule has 0 radical (unpaired) electrons. The van der Waals surface area contributed by atoms with Crippen LogP contribution in [0.4, 0.5) is 5.69 Å². The van der Waals surface area contributed by atoms with Crippen molar-refractivity contribution in [3.63, 3.8) is 0 Å². The highest BCUT2D eigenvalue weighted by molar-refractivity contribution is 5.50. The number of aryl methyl sites for hydroxylation is 1. The molecule has 110 valence electrons. The number of benzene rings is 1. The van der Waals surface area contributed by atoms with Crippen LogP contribution in [-0.4, -0.2) is 11.6 Å². The third-order valence-electron chi connectivity index (χ3n) is 3.82. The first-order valence-corrected chi connectivity index (χ1v) is 7.48. The molecule has 2 N–H and O–H groups in total. The summed E-state index contributed by atoms with van der Waals surface area (Å²) in [5.41, 5.74) is 3.28. The van der Waals surface area contributed by atoms with E-state index < -0.39 is 0 Å². The molecule has 2 aromatic rings. The van der Waals surface area contributed by atoms with E-state index in [2.05, 4.69) is 10.3 Å². The Morgan fingerprint density at radius 3 is 3.10 bits per heavy atom. The molecule has 0 fully saturated rings. The van der Waals surface area contributed by atoms with Crippen molar-refractivity contribution in [3.8, 4) is 5.75 Å². The van der Waals surface area contributed by atoms with Gasteiger partial charge in [-0.15, -0.1) is 0 Å². The lowest BCUT2D eigenvalue weighted by Gasteiger charge is -2.27. The Balaban J connectivity index is 1.83. The van der Waals surface area contributed by atoms with Crippen molar-refractivity contribution in [1.82, 2.24) is 4.98 Å². The van der Waals surface area contributed by atoms with Crippen LogP contribution >= 0.6 is 0 Å². The molecule has 1 aliphatic carbocycles. The molecule has 1 aromatic carbocycles. The Bertz CT molecular complexity index is 678. The molecular weight excluding hydrogens is 264 g/mol. The summed E-state index contributed by atoms with van der Waals surface area (Å²) in [6, 6.07) is 11.8. The summed E-state index contributed by atoms with van der Waals surface area (Å²) in [7, 11) is 0. The monoisotopic (exact) mass is 284 g/mol. The smallest absolute Gasteiger partial charge is 0.248 e. The Labute approximate surface area is 124 Å². The van der Waals surface area contributed by atoms with Crippen molar-refractivity contribution >= 4 is 5.69 Å². The van der Waals surface area contributed by atoms with Crippen molar-refractivity contribution in [3.05, 3.63) is 58.0 Å². The van der Waals surface area contributed by atoms with Crippen LogP contribution in [-0.2, 0) is 6.42 Å². The van der Waals surface area contributed by atoms with Crippen LogP contribution in [0.3, 0.4) is 0 Å². The Hall–Kier alpha value is -2.23.